The molecule has 2 heterocycles. The van der Waals surface area contributed by atoms with Crippen LogP contribution >= 0.6 is 11.3 Å². The Morgan fingerprint density at radius 2 is 2.22 bits per heavy atom. The van der Waals surface area contributed by atoms with Crippen LogP contribution in [0, 0.1) is 5.92 Å². The van der Waals surface area contributed by atoms with E-state index >= 15 is 0 Å². The number of hydrogen-bond donors (Lipinski definition) is 2. The third kappa shape index (κ3) is 3.51. The summed E-state index contributed by atoms with van der Waals surface area (Å²) in [4.78, 5) is 26.5. The lowest BCUT2D eigenvalue weighted by Crippen LogP contribution is -2.28. The molecule has 0 radical (unpaired) electrons. The van der Waals surface area contributed by atoms with Crippen LogP contribution in [0.15, 0.2) is 5.38 Å². The number of carboxylic acids is 1. The van der Waals surface area contributed by atoms with Gasteiger partial charge in [0.15, 0.2) is 5.13 Å². The molecule has 1 saturated heterocycles. The van der Waals surface area contributed by atoms with Gasteiger partial charge < -0.3 is 15.2 Å². The van der Waals surface area contributed by atoms with Crippen molar-refractivity contribution in [2.24, 2.45) is 5.92 Å². The molecule has 1 aromatic rings. The Labute approximate surface area is 108 Å². The molecule has 0 saturated carbocycles. The van der Waals surface area contributed by atoms with E-state index in [2.05, 4.69) is 10.3 Å². The standard InChI is InChI=1S/C11H14N2O4S/c14-9(15)5-8-6-18-11(12-8)13-10(16)7-1-3-17-4-2-7/h6-7H,1-5H2,(H,14,15)(H,12,13,16). The summed E-state index contributed by atoms with van der Waals surface area (Å²) in [5.41, 5.74) is 0.467. The minimum absolute atomic E-state index is 0.0365. The molecule has 98 valence electrons. The van der Waals surface area contributed by atoms with Gasteiger partial charge in [-0.05, 0) is 12.8 Å². The van der Waals surface area contributed by atoms with Crippen LogP contribution in [0.3, 0.4) is 0 Å². The molecule has 0 unspecified atom stereocenters. The molecular weight excluding hydrogens is 256 g/mol. The first-order valence-corrected chi connectivity index (χ1v) is 6.58. The van der Waals surface area contributed by atoms with E-state index in [1.54, 1.807) is 5.38 Å². The van der Waals surface area contributed by atoms with E-state index < -0.39 is 5.97 Å². The Kier molecular flexibility index (Phi) is 4.27. The number of carbonyl (C=O) groups is 2. The topological polar surface area (TPSA) is 88.5 Å². The zero-order valence-corrected chi connectivity index (χ0v) is 10.5. The van der Waals surface area contributed by atoms with Gasteiger partial charge in [-0.2, -0.15) is 0 Å². The minimum Gasteiger partial charge on any atom is -0.481 e. The third-order valence-electron chi connectivity index (χ3n) is 2.71. The highest BCUT2D eigenvalue weighted by molar-refractivity contribution is 7.13. The highest BCUT2D eigenvalue weighted by atomic mass is 32.1. The largest absolute Gasteiger partial charge is 0.481 e. The third-order valence-corrected chi connectivity index (χ3v) is 3.51. The van der Waals surface area contributed by atoms with Crippen molar-refractivity contribution in [3.05, 3.63) is 11.1 Å². The van der Waals surface area contributed by atoms with Crippen molar-refractivity contribution in [1.82, 2.24) is 4.98 Å². The van der Waals surface area contributed by atoms with E-state index in [4.69, 9.17) is 9.84 Å². The lowest BCUT2D eigenvalue weighted by atomic mass is 10.00. The van der Waals surface area contributed by atoms with E-state index in [9.17, 15) is 9.59 Å². The number of nitrogens with zero attached hydrogens (tertiary/aromatic N) is 1. The monoisotopic (exact) mass is 270 g/mol. The SMILES string of the molecule is O=C(O)Cc1csc(NC(=O)C2CCOCC2)n1. The van der Waals surface area contributed by atoms with E-state index in [0.717, 1.165) is 12.8 Å². The van der Waals surface area contributed by atoms with Crippen LogP contribution in [-0.2, 0) is 20.7 Å². The zero-order chi connectivity index (χ0) is 13.0. The molecule has 6 nitrogen and oxygen atoms in total. The Morgan fingerprint density at radius 1 is 1.50 bits per heavy atom. The lowest BCUT2D eigenvalue weighted by molar-refractivity contribution is -0.136. The molecule has 0 aromatic carbocycles. The van der Waals surface area contributed by atoms with Gasteiger partial charge >= 0.3 is 5.97 Å². The molecule has 2 N–H and O–H groups in total. The van der Waals surface area contributed by atoms with Crippen LogP contribution in [-0.4, -0.2) is 35.2 Å². The molecule has 0 spiro atoms. The fraction of sp³-hybridized carbons (Fsp3) is 0.545. The highest BCUT2D eigenvalue weighted by Gasteiger charge is 2.22. The van der Waals surface area contributed by atoms with Crippen LogP contribution in [0.2, 0.25) is 0 Å². The number of aliphatic carboxylic acids is 1. The number of nitrogens with one attached hydrogen (secondary N) is 1. The number of carboxylic acid groups (broad SMARTS) is 1. The van der Waals surface area contributed by atoms with Crippen LogP contribution in [0.1, 0.15) is 18.5 Å². The van der Waals surface area contributed by atoms with Crippen molar-refractivity contribution in [3.8, 4) is 0 Å². The van der Waals surface area contributed by atoms with Crippen molar-refractivity contribution in [2.45, 2.75) is 19.3 Å². The van der Waals surface area contributed by atoms with Gasteiger partial charge in [0.2, 0.25) is 5.91 Å². The fourth-order valence-electron chi connectivity index (χ4n) is 1.77. The van der Waals surface area contributed by atoms with Gasteiger partial charge in [-0.25, -0.2) is 4.98 Å². The van der Waals surface area contributed by atoms with Crippen molar-refractivity contribution in [2.75, 3.05) is 18.5 Å². The molecule has 1 aliphatic heterocycles. The lowest BCUT2D eigenvalue weighted by Gasteiger charge is -2.20. The van der Waals surface area contributed by atoms with Gasteiger partial charge in [-0.3, -0.25) is 9.59 Å². The fourth-order valence-corrected chi connectivity index (χ4v) is 2.48. The maximum Gasteiger partial charge on any atom is 0.309 e. The van der Waals surface area contributed by atoms with E-state index in [0.29, 0.717) is 24.0 Å². The second kappa shape index (κ2) is 5.92. The number of amides is 1. The number of thiazole rings is 1. The second-order valence-corrected chi connectivity index (χ2v) is 4.95. The quantitative estimate of drug-likeness (QED) is 0.856. The molecule has 1 aromatic heterocycles. The summed E-state index contributed by atoms with van der Waals surface area (Å²) in [5.74, 6) is -1.03. The van der Waals surface area contributed by atoms with Crippen LogP contribution in [0.25, 0.3) is 0 Å². The summed E-state index contributed by atoms with van der Waals surface area (Å²) < 4.78 is 5.19. The number of ether oxygens (including phenoxy) is 1. The predicted octanol–water partition coefficient (Wildman–Crippen LogP) is 1.14. The molecule has 18 heavy (non-hydrogen) atoms. The molecule has 7 heteroatoms. The van der Waals surface area contributed by atoms with Crippen molar-refractivity contribution in [1.29, 1.82) is 0 Å². The van der Waals surface area contributed by atoms with Gasteiger partial charge in [0.05, 0.1) is 12.1 Å². The van der Waals surface area contributed by atoms with Crippen LogP contribution in [0.4, 0.5) is 5.13 Å². The Bertz CT molecular complexity index is 440. The first-order chi connectivity index (χ1) is 8.65. The summed E-state index contributed by atoms with van der Waals surface area (Å²) in [5, 5.41) is 13.5. The zero-order valence-electron chi connectivity index (χ0n) is 9.72. The second-order valence-electron chi connectivity index (χ2n) is 4.09. The van der Waals surface area contributed by atoms with Gasteiger partial charge in [-0.15, -0.1) is 11.3 Å². The molecule has 0 bridgehead atoms. The summed E-state index contributed by atoms with van der Waals surface area (Å²) in [7, 11) is 0. The summed E-state index contributed by atoms with van der Waals surface area (Å²) in [6.07, 6.45) is 1.32. The summed E-state index contributed by atoms with van der Waals surface area (Å²) in [6, 6.07) is 0. The molecule has 1 fully saturated rings. The Hall–Kier alpha value is -1.47. The Balaban J connectivity index is 1.90. The van der Waals surface area contributed by atoms with Gasteiger partial charge in [0, 0.05) is 24.5 Å². The molecule has 1 aliphatic rings. The average molecular weight is 270 g/mol. The van der Waals surface area contributed by atoms with E-state index in [-0.39, 0.29) is 18.2 Å². The smallest absolute Gasteiger partial charge is 0.309 e. The van der Waals surface area contributed by atoms with Gasteiger partial charge in [0.25, 0.3) is 0 Å². The maximum atomic E-state index is 11.9. The molecular formula is C11H14N2O4S. The first-order valence-electron chi connectivity index (χ1n) is 5.70. The number of aromatic nitrogens is 1. The van der Waals surface area contributed by atoms with Crippen molar-refractivity contribution >= 4 is 28.3 Å². The number of carbonyl (C=O) groups excluding carboxylic acids is 1. The summed E-state index contributed by atoms with van der Waals surface area (Å²) in [6.45, 7) is 1.22. The first kappa shape index (κ1) is 13.0. The van der Waals surface area contributed by atoms with E-state index in [1.165, 1.54) is 11.3 Å². The molecule has 1 amide bonds. The van der Waals surface area contributed by atoms with Crippen molar-refractivity contribution < 1.29 is 19.4 Å². The van der Waals surface area contributed by atoms with Crippen LogP contribution in [0.5, 0.6) is 0 Å². The predicted molar refractivity (Wildman–Crippen MR) is 65.6 cm³/mol. The molecule has 0 aliphatic carbocycles. The number of anilines is 1. The maximum absolute atomic E-state index is 11.9. The molecule has 0 atom stereocenters. The minimum atomic E-state index is -0.928. The van der Waals surface area contributed by atoms with Crippen LogP contribution < -0.4 is 5.32 Å². The average Bonchev–Trinajstić information content (AvgIpc) is 2.76. The number of rotatable bonds is 4. The molecule has 2 rings (SSSR count). The summed E-state index contributed by atoms with van der Waals surface area (Å²) >= 11 is 1.25. The Morgan fingerprint density at radius 3 is 2.89 bits per heavy atom. The normalized spacial score (nSPS) is 16.4. The van der Waals surface area contributed by atoms with Crippen molar-refractivity contribution in [3.63, 3.8) is 0 Å². The van der Waals surface area contributed by atoms with Gasteiger partial charge in [-0.1, -0.05) is 0 Å². The highest BCUT2D eigenvalue weighted by Crippen LogP contribution is 2.20. The number of hydrogen-bond acceptors (Lipinski definition) is 5. The van der Waals surface area contributed by atoms with E-state index in [1.807, 2.05) is 0 Å². The van der Waals surface area contributed by atoms with Gasteiger partial charge in [0.1, 0.15) is 0 Å².